The van der Waals surface area contributed by atoms with Gasteiger partial charge in [-0.1, -0.05) is 30.3 Å². The summed E-state index contributed by atoms with van der Waals surface area (Å²) in [6.45, 7) is -0.261. The molecular weight excluding hydrogens is 316 g/mol. The molecule has 0 heterocycles. The predicted molar refractivity (Wildman–Crippen MR) is 84.6 cm³/mol. The van der Waals surface area contributed by atoms with Crippen LogP contribution in [-0.4, -0.2) is 18.5 Å². The van der Waals surface area contributed by atoms with Crippen LogP contribution in [0.1, 0.15) is 11.1 Å². The monoisotopic (exact) mass is 331 g/mol. The van der Waals surface area contributed by atoms with Gasteiger partial charge in [-0.3, -0.25) is 4.79 Å². The first-order valence-corrected chi connectivity index (χ1v) is 7.15. The molecule has 0 radical (unpaired) electrons. The van der Waals surface area contributed by atoms with E-state index in [2.05, 4.69) is 5.32 Å². The molecule has 0 fully saturated rings. The largest absolute Gasteiger partial charge is 0.452 e. The van der Waals surface area contributed by atoms with E-state index < -0.39 is 24.3 Å². The number of rotatable bonds is 6. The Kier molecular flexibility index (Phi) is 6.19. The highest BCUT2D eigenvalue weighted by atomic mass is 19.1. The molecule has 4 nitrogen and oxygen atoms in total. The van der Waals surface area contributed by atoms with Crippen LogP contribution in [0.25, 0.3) is 6.08 Å². The number of carbonyl (C=O) groups is 2. The van der Waals surface area contributed by atoms with Crippen molar-refractivity contribution in [1.29, 1.82) is 0 Å². The summed E-state index contributed by atoms with van der Waals surface area (Å²) in [6.07, 6.45) is 2.32. The highest BCUT2D eigenvalue weighted by Crippen LogP contribution is 2.08. The molecule has 0 unspecified atom stereocenters. The zero-order valence-corrected chi connectivity index (χ0v) is 12.7. The van der Waals surface area contributed by atoms with Gasteiger partial charge >= 0.3 is 5.97 Å². The van der Waals surface area contributed by atoms with Gasteiger partial charge in [0.25, 0.3) is 5.91 Å². The van der Waals surface area contributed by atoms with Crippen molar-refractivity contribution in [3.63, 3.8) is 0 Å². The summed E-state index contributed by atoms with van der Waals surface area (Å²) >= 11 is 0. The van der Waals surface area contributed by atoms with E-state index in [1.165, 1.54) is 36.4 Å². The molecule has 0 aliphatic carbocycles. The van der Waals surface area contributed by atoms with E-state index in [9.17, 15) is 18.4 Å². The van der Waals surface area contributed by atoms with Crippen molar-refractivity contribution in [2.45, 2.75) is 6.54 Å². The number of hydrogen-bond donors (Lipinski definition) is 1. The van der Waals surface area contributed by atoms with Crippen molar-refractivity contribution in [3.05, 3.63) is 77.4 Å². The molecule has 124 valence electrons. The van der Waals surface area contributed by atoms with Crippen LogP contribution in [-0.2, 0) is 20.9 Å². The number of halogens is 2. The SMILES string of the molecule is O=C(COC(=O)/C=C/c1ccccc1F)NCc1ccc(F)cc1. The molecule has 0 aliphatic heterocycles. The summed E-state index contributed by atoms with van der Waals surface area (Å²) in [7, 11) is 0. The van der Waals surface area contributed by atoms with Crippen molar-refractivity contribution < 1.29 is 23.1 Å². The Hall–Kier alpha value is -3.02. The Labute approximate surface area is 137 Å². The molecular formula is C18H15F2NO3. The van der Waals surface area contributed by atoms with Crippen LogP contribution >= 0.6 is 0 Å². The van der Waals surface area contributed by atoms with E-state index in [4.69, 9.17) is 4.74 Å². The topological polar surface area (TPSA) is 55.4 Å². The molecule has 2 aromatic carbocycles. The minimum absolute atomic E-state index is 0.196. The fraction of sp³-hybridized carbons (Fsp3) is 0.111. The predicted octanol–water partition coefficient (Wildman–Crippen LogP) is 2.84. The quantitative estimate of drug-likeness (QED) is 0.654. The zero-order chi connectivity index (χ0) is 17.4. The lowest BCUT2D eigenvalue weighted by Crippen LogP contribution is -2.28. The molecule has 0 spiro atoms. The Morgan fingerprint density at radius 3 is 2.46 bits per heavy atom. The van der Waals surface area contributed by atoms with E-state index >= 15 is 0 Å². The second kappa shape index (κ2) is 8.57. The highest BCUT2D eigenvalue weighted by Gasteiger charge is 2.05. The van der Waals surface area contributed by atoms with Gasteiger partial charge in [0.2, 0.25) is 0 Å². The van der Waals surface area contributed by atoms with Gasteiger partial charge in [-0.2, -0.15) is 0 Å². The van der Waals surface area contributed by atoms with E-state index in [-0.39, 0.29) is 17.9 Å². The second-order valence-corrected chi connectivity index (χ2v) is 4.87. The maximum Gasteiger partial charge on any atom is 0.331 e. The number of carbonyl (C=O) groups excluding carboxylic acids is 2. The molecule has 0 bridgehead atoms. The van der Waals surface area contributed by atoms with Crippen molar-refractivity contribution >= 4 is 18.0 Å². The van der Waals surface area contributed by atoms with Crippen LogP contribution in [0.3, 0.4) is 0 Å². The third kappa shape index (κ3) is 5.64. The number of hydrogen-bond acceptors (Lipinski definition) is 3. The summed E-state index contributed by atoms with van der Waals surface area (Å²) < 4.78 is 30.8. The van der Waals surface area contributed by atoms with Crippen molar-refractivity contribution in [3.8, 4) is 0 Å². The third-order valence-electron chi connectivity index (χ3n) is 3.05. The molecule has 0 saturated heterocycles. The lowest BCUT2D eigenvalue weighted by atomic mass is 10.2. The summed E-state index contributed by atoms with van der Waals surface area (Å²) in [5, 5.41) is 2.53. The second-order valence-electron chi connectivity index (χ2n) is 4.87. The minimum atomic E-state index is -0.754. The summed E-state index contributed by atoms with van der Waals surface area (Å²) in [4.78, 5) is 23.1. The maximum absolute atomic E-state index is 13.3. The van der Waals surface area contributed by atoms with Gasteiger partial charge in [0.15, 0.2) is 6.61 Å². The highest BCUT2D eigenvalue weighted by molar-refractivity contribution is 5.89. The molecule has 2 aromatic rings. The lowest BCUT2D eigenvalue weighted by molar-refractivity contribution is -0.143. The van der Waals surface area contributed by atoms with E-state index in [0.717, 1.165) is 11.6 Å². The summed E-state index contributed by atoms with van der Waals surface area (Å²) in [5.74, 6) is -2.07. The summed E-state index contributed by atoms with van der Waals surface area (Å²) in [6, 6.07) is 11.6. The molecule has 0 aromatic heterocycles. The van der Waals surface area contributed by atoms with E-state index in [0.29, 0.717) is 0 Å². The van der Waals surface area contributed by atoms with Crippen LogP contribution in [0.5, 0.6) is 0 Å². The number of benzene rings is 2. The first-order valence-electron chi connectivity index (χ1n) is 7.15. The van der Waals surface area contributed by atoms with E-state index in [1.54, 1.807) is 18.2 Å². The molecule has 2 rings (SSSR count). The molecule has 1 amide bonds. The first kappa shape index (κ1) is 17.3. The average Bonchev–Trinajstić information content (AvgIpc) is 2.58. The summed E-state index contributed by atoms with van der Waals surface area (Å²) in [5.41, 5.74) is 0.964. The Balaban J connectivity index is 1.74. The van der Waals surface area contributed by atoms with Crippen LogP contribution < -0.4 is 5.32 Å². The van der Waals surface area contributed by atoms with Crippen LogP contribution in [0.2, 0.25) is 0 Å². The van der Waals surface area contributed by atoms with Gasteiger partial charge < -0.3 is 10.1 Å². The normalized spacial score (nSPS) is 10.6. The zero-order valence-electron chi connectivity index (χ0n) is 12.7. The Bertz CT molecular complexity index is 742. The van der Waals surface area contributed by atoms with Gasteiger partial charge in [-0.25, -0.2) is 13.6 Å². The fourth-order valence-corrected chi connectivity index (χ4v) is 1.81. The van der Waals surface area contributed by atoms with Crippen LogP contribution in [0.15, 0.2) is 54.6 Å². The molecule has 1 N–H and O–H groups in total. The number of esters is 1. The van der Waals surface area contributed by atoms with Crippen LogP contribution in [0, 0.1) is 11.6 Å². The first-order chi connectivity index (χ1) is 11.5. The fourth-order valence-electron chi connectivity index (χ4n) is 1.81. The smallest absolute Gasteiger partial charge is 0.331 e. The standard InChI is InChI=1S/C18H15F2NO3/c19-15-8-5-13(6-9-15)11-21-17(22)12-24-18(23)10-7-14-3-1-2-4-16(14)20/h1-10H,11-12H2,(H,21,22)/b10-7+. The minimum Gasteiger partial charge on any atom is -0.452 e. The van der Waals surface area contributed by atoms with Gasteiger partial charge in [0.1, 0.15) is 11.6 Å². The van der Waals surface area contributed by atoms with Gasteiger partial charge in [-0.05, 0) is 29.8 Å². The van der Waals surface area contributed by atoms with Gasteiger partial charge in [0, 0.05) is 18.2 Å². The molecule has 0 aliphatic rings. The molecule has 0 atom stereocenters. The van der Waals surface area contributed by atoms with Crippen molar-refractivity contribution in [2.75, 3.05) is 6.61 Å². The number of nitrogens with one attached hydrogen (secondary N) is 1. The average molecular weight is 331 g/mol. The number of ether oxygens (including phenoxy) is 1. The van der Waals surface area contributed by atoms with Gasteiger partial charge in [-0.15, -0.1) is 0 Å². The number of amides is 1. The molecule has 0 saturated carbocycles. The van der Waals surface area contributed by atoms with Crippen molar-refractivity contribution in [1.82, 2.24) is 5.32 Å². The maximum atomic E-state index is 13.3. The lowest BCUT2D eigenvalue weighted by Gasteiger charge is -2.05. The van der Waals surface area contributed by atoms with E-state index in [1.807, 2.05) is 0 Å². The molecule has 6 heteroatoms. The van der Waals surface area contributed by atoms with Crippen molar-refractivity contribution in [2.24, 2.45) is 0 Å². The Morgan fingerprint density at radius 1 is 1.04 bits per heavy atom. The Morgan fingerprint density at radius 2 is 1.75 bits per heavy atom. The third-order valence-corrected chi connectivity index (χ3v) is 3.05. The molecule has 24 heavy (non-hydrogen) atoms. The van der Waals surface area contributed by atoms with Gasteiger partial charge in [0.05, 0.1) is 0 Å². The van der Waals surface area contributed by atoms with Crippen LogP contribution in [0.4, 0.5) is 8.78 Å².